The number of carbonyl (C=O) groups is 2. The second-order valence-corrected chi connectivity index (χ2v) is 11.1. The number of phosphoric acid groups is 1. The summed E-state index contributed by atoms with van der Waals surface area (Å²) in [6.07, 6.45) is 20.8. The predicted octanol–water partition coefficient (Wildman–Crippen LogP) is 6.76. The van der Waals surface area contributed by atoms with Crippen molar-refractivity contribution < 1.29 is 37.6 Å². The van der Waals surface area contributed by atoms with Gasteiger partial charge in [0.15, 0.2) is 6.10 Å². The van der Waals surface area contributed by atoms with Gasteiger partial charge >= 0.3 is 19.8 Å². The molecule has 0 aliphatic heterocycles. The number of rotatable bonds is 27. The minimum atomic E-state index is -4.34. The minimum absolute atomic E-state index is 0.0529. The molecule has 9 nitrogen and oxygen atoms in total. The second-order valence-electron chi connectivity index (χ2n) is 9.62. The van der Waals surface area contributed by atoms with Gasteiger partial charge in [-0.15, -0.1) is 0 Å². The van der Waals surface area contributed by atoms with Gasteiger partial charge in [-0.2, -0.15) is 0 Å². The van der Waals surface area contributed by atoms with E-state index in [1.807, 2.05) is 6.92 Å². The molecule has 0 heterocycles. The van der Waals surface area contributed by atoms with Crippen LogP contribution in [-0.2, 0) is 32.7 Å². The number of esters is 2. The Bertz CT molecular complexity index is 659. The normalized spacial score (nSPS) is 13.9. The first-order valence-corrected chi connectivity index (χ1v) is 16.2. The van der Waals surface area contributed by atoms with Crippen molar-refractivity contribution in [2.24, 2.45) is 5.73 Å². The van der Waals surface area contributed by atoms with Crippen LogP contribution < -0.4 is 5.73 Å². The Balaban J connectivity index is 4.12. The Kier molecular flexibility index (Phi) is 25.1. The predicted molar refractivity (Wildman–Crippen MR) is 151 cm³/mol. The van der Waals surface area contributed by atoms with Gasteiger partial charge in [0.1, 0.15) is 6.61 Å². The van der Waals surface area contributed by atoms with E-state index >= 15 is 0 Å². The van der Waals surface area contributed by atoms with E-state index in [1.165, 1.54) is 44.9 Å². The lowest BCUT2D eigenvalue weighted by Crippen LogP contribution is -2.29. The smallest absolute Gasteiger partial charge is 0.462 e. The Morgan fingerprint density at radius 2 is 1.32 bits per heavy atom. The first-order chi connectivity index (χ1) is 18.3. The highest BCUT2D eigenvalue weighted by atomic mass is 31.2. The molecule has 0 rings (SSSR count). The van der Waals surface area contributed by atoms with Gasteiger partial charge in [0.2, 0.25) is 0 Å². The molecule has 38 heavy (non-hydrogen) atoms. The van der Waals surface area contributed by atoms with Gasteiger partial charge in [0.05, 0.1) is 13.2 Å². The molecule has 0 fully saturated rings. The molecule has 0 radical (unpaired) electrons. The van der Waals surface area contributed by atoms with Crippen LogP contribution in [0.2, 0.25) is 0 Å². The van der Waals surface area contributed by atoms with Gasteiger partial charge in [-0.1, -0.05) is 83.8 Å². The maximum absolute atomic E-state index is 12.3. The summed E-state index contributed by atoms with van der Waals surface area (Å²) in [6.45, 7) is 3.41. The molecule has 2 atom stereocenters. The SMILES string of the molecule is CCCCCCCC/C=C\CCCCCCCC(=O)OC(COC(=O)CCCC)COP(=O)(O)OCCN. The van der Waals surface area contributed by atoms with Gasteiger partial charge < -0.3 is 20.1 Å². The zero-order valence-electron chi connectivity index (χ0n) is 23.9. The van der Waals surface area contributed by atoms with Crippen molar-refractivity contribution in [1.29, 1.82) is 0 Å². The largest absolute Gasteiger partial charge is 0.472 e. The van der Waals surface area contributed by atoms with Crippen LogP contribution >= 0.6 is 7.82 Å². The summed E-state index contributed by atoms with van der Waals surface area (Å²) in [7, 11) is -4.34. The molecule has 10 heteroatoms. The van der Waals surface area contributed by atoms with Crippen LogP contribution in [0.1, 0.15) is 123 Å². The molecule has 0 bridgehead atoms. The Morgan fingerprint density at radius 3 is 1.92 bits per heavy atom. The highest BCUT2D eigenvalue weighted by molar-refractivity contribution is 7.47. The molecule has 3 N–H and O–H groups in total. The van der Waals surface area contributed by atoms with Gasteiger partial charge in [-0.3, -0.25) is 18.6 Å². The molecule has 0 aliphatic rings. The topological polar surface area (TPSA) is 134 Å². The monoisotopic (exact) mass is 563 g/mol. The van der Waals surface area contributed by atoms with E-state index in [0.717, 1.165) is 38.5 Å². The Labute approximate surface area is 230 Å². The van der Waals surface area contributed by atoms with Gasteiger partial charge in [-0.05, 0) is 38.5 Å². The Hall–Kier alpha value is -1.25. The molecule has 0 spiro atoms. The third-order valence-corrected chi connectivity index (χ3v) is 6.89. The number of nitrogens with two attached hydrogens (primary N) is 1. The van der Waals surface area contributed by atoms with Crippen LogP contribution in [0.3, 0.4) is 0 Å². The number of hydrogen-bond donors (Lipinski definition) is 2. The summed E-state index contributed by atoms with van der Waals surface area (Å²) >= 11 is 0. The van der Waals surface area contributed by atoms with E-state index in [1.54, 1.807) is 0 Å². The maximum atomic E-state index is 12.3. The van der Waals surface area contributed by atoms with Crippen LogP contribution in [0.25, 0.3) is 0 Å². The van der Waals surface area contributed by atoms with Gasteiger partial charge in [-0.25, -0.2) is 4.57 Å². The lowest BCUT2D eigenvalue weighted by molar-refractivity contribution is -0.161. The quantitative estimate of drug-likeness (QED) is 0.0481. The van der Waals surface area contributed by atoms with Crippen LogP contribution in [0.15, 0.2) is 12.2 Å². The molecule has 0 aromatic carbocycles. The van der Waals surface area contributed by atoms with E-state index in [0.29, 0.717) is 12.8 Å². The van der Waals surface area contributed by atoms with Crippen molar-refractivity contribution in [3.05, 3.63) is 12.2 Å². The fourth-order valence-corrected chi connectivity index (χ4v) is 4.43. The fraction of sp³-hybridized carbons (Fsp3) is 0.857. The first kappa shape index (κ1) is 36.8. The highest BCUT2D eigenvalue weighted by Gasteiger charge is 2.25. The average molecular weight is 564 g/mol. The molecular weight excluding hydrogens is 509 g/mol. The van der Waals surface area contributed by atoms with E-state index in [-0.39, 0.29) is 32.6 Å². The zero-order valence-corrected chi connectivity index (χ0v) is 24.8. The van der Waals surface area contributed by atoms with Crippen LogP contribution in [-0.4, -0.2) is 49.3 Å². The lowest BCUT2D eigenvalue weighted by Gasteiger charge is -2.19. The maximum Gasteiger partial charge on any atom is 0.472 e. The number of allylic oxidation sites excluding steroid dienone is 2. The number of hydrogen-bond acceptors (Lipinski definition) is 8. The number of phosphoric ester groups is 1. The first-order valence-electron chi connectivity index (χ1n) is 14.7. The van der Waals surface area contributed by atoms with E-state index in [2.05, 4.69) is 23.6 Å². The molecule has 0 saturated heterocycles. The van der Waals surface area contributed by atoms with Crippen LogP contribution in [0.4, 0.5) is 0 Å². The fourth-order valence-electron chi connectivity index (χ4n) is 3.66. The zero-order chi connectivity index (χ0) is 28.3. The molecule has 0 aromatic rings. The van der Waals surface area contributed by atoms with Crippen LogP contribution in [0.5, 0.6) is 0 Å². The number of ether oxygens (including phenoxy) is 2. The Morgan fingerprint density at radius 1 is 0.763 bits per heavy atom. The summed E-state index contributed by atoms with van der Waals surface area (Å²) < 4.78 is 32.0. The summed E-state index contributed by atoms with van der Waals surface area (Å²) in [4.78, 5) is 33.8. The molecular formula is C28H54NO8P. The van der Waals surface area contributed by atoms with Gasteiger partial charge in [0, 0.05) is 19.4 Å². The summed E-state index contributed by atoms with van der Waals surface area (Å²) in [5, 5.41) is 0. The van der Waals surface area contributed by atoms with Crippen molar-refractivity contribution in [2.45, 2.75) is 129 Å². The van der Waals surface area contributed by atoms with E-state index in [9.17, 15) is 19.0 Å². The number of unbranched alkanes of at least 4 members (excludes halogenated alkanes) is 12. The van der Waals surface area contributed by atoms with Crippen molar-refractivity contribution >= 4 is 19.8 Å². The second kappa shape index (κ2) is 26.0. The molecule has 0 saturated carbocycles. The molecule has 0 aliphatic carbocycles. The highest BCUT2D eigenvalue weighted by Crippen LogP contribution is 2.43. The van der Waals surface area contributed by atoms with Crippen LogP contribution in [0, 0.1) is 0 Å². The van der Waals surface area contributed by atoms with Crippen molar-refractivity contribution in [3.63, 3.8) is 0 Å². The standard InChI is InChI=1S/C28H54NO8P/c1-3-5-7-8-9-10-11-12-13-14-15-16-17-18-19-21-28(31)37-26(24-34-27(30)20-6-4-2)25-36-38(32,33)35-23-22-29/h12-13,26H,3-11,14-25,29H2,1-2H3,(H,32,33)/b13-12-. The molecule has 2 unspecified atom stereocenters. The summed E-state index contributed by atoms with van der Waals surface area (Å²) in [5.41, 5.74) is 5.27. The summed E-state index contributed by atoms with van der Waals surface area (Å²) in [6, 6.07) is 0. The average Bonchev–Trinajstić information content (AvgIpc) is 2.90. The number of carbonyl (C=O) groups excluding carboxylic acids is 2. The minimum Gasteiger partial charge on any atom is -0.462 e. The molecule has 0 aromatic heterocycles. The summed E-state index contributed by atoms with van der Waals surface area (Å²) in [5.74, 6) is -0.881. The molecule has 224 valence electrons. The van der Waals surface area contributed by atoms with E-state index < -0.39 is 32.5 Å². The third kappa shape index (κ3) is 25.1. The van der Waals surface area contributed by atoms with Crippen molar-refractivity contribution in [3.8, 4) is 0 Å². The lowest BCUT2D eigenvalue weighted by atomic mass is 10.1. The van der Waals surface area contributed by atoms with Crippen molar-refractivity contribution in [2.75, 3.05) is 26.4 Å². The molecule has 0 amide bonds. The van der Waals surface area contributed by atoms with Crippen molar-refractivity contribution in [1.82, 2.24) is 0 Å². The third-order valence-electron chi connectivity index (χ3n) is 5.90. The van der Waals surface area contributed by atoms with E-state index in [4.69, 9.17) is 19.7 Å². The van der Waals surface area contributed by atoms with Gasteiger partial charge in [0.25, 0.3) is 0 Å².